The van der Waals surface area contributed by atoms with Crippen LogP contribution in [0.5, 0.6) is 0 Å². The van der Waals surface area contributed by atoms with E-state index in [4.69, 9.17) is 19.3 Å². The van der Waals surface area contributed by atoms with E-state index < -0.39 is 46.6 Å². The Hall–Kier alpha value is -4.36. The maximum Gasteiger partial charge on any atom is 0.435 e. The van der Waals surface area contributed by atoms with Crippen LogP contribution in [0.1, 0.15) is 68.4 Å². The lowest BCUT2D eigenvalue weighted by atomic mass is 9.86. The van der Waals surface area contributed by atoms with Crippen LogP contribution in [0.4, 0.5) is 9.18 Å². The van der Waals surface area contributed by atoms with Gasteiger partial charge in [-0.05, 0) is 57.4 Å². The predicted octanol–water partition coefficient (Wildman–Crippen LogP) is 3.08. The van der Waals surface area contributed by atoms with Gasteiger partial charge in [-0.3, -0.25) is 14.4 Å². The molecule has 0 spiro atoms. The third-order valence-corrected chi connectivity index (χ3v) is 8.31. The molecule has 0 saturated carbocycles. The normalized spacial score (nSPS) is 20.7. The third kappa shape index (κ3) is 4.70. The maximum absolute atomic E-state index is 14.7. The molecule has 3 aromatic rings. The minimum absolute atomic E-state index is 0.00725. The van der Waals surface area contributed by atoms with Crippen molar-refractivity contribution in [3.63, 3.8) is 0 Å². The average molecular weight is 609 g/mol. The summed E-state index contributed by atoms with van der Waals surface area (Å²) in [6.45, 7) is 8.33. The largest absolute Gasteiger partial charge is 0.458 e. The first-order valence-corrected chi connectivity index (χ1v) is 14.4. The molecule has 1 fully saturated rings. The van der Waals surface area contributed by atoms with Crippen LogP contribution in [0.25, 0.3) is 22.3 Å². The Labute approximate surface area is 251 Å². The van der Waals surface area contributed by atoms with Crippen LogP contribution >= 0.6 is 0 Å². The summed E-state index contributed by atoms with van der Waals surface area (Å²) in [5.41, 5.74) is -0.220. The van der Waals surface area contributed by atoms with E-state index in [1.54, 1.807) is 46.8 Å². The number of hydroxylamine groups is 2. The number of cyclic esters (lactones) is 1. The minimum atomic E-state index is -1.99. The lowest BCUT2D eigenvalue weighted by Gasteiger charge is -2.31. The van der Waals surface area contributed by atoms with Crippen molar-refractivity contribution < 1.29 is 38.2 Å². The number of aliphatic hydroxyl groups is 1. The second-order valence-electron chi connectivity index (χ2n) is 12.3. The number of benzene rings is 1. The van der Waals surface area contributed by atoms with Crippen molar-refractivity contribution in [2.24, 2.45) is 0 Å². The van der Waals surface area contributed by atoms with E-state index in [1.165, 1.54) is 10.6 Å². The van der Waals surface area contributed by atoms with Gasteiger partial charge in [0.05, 0.1) is 35.6 Å². The molecule has 0 unspecified atom stereocenters. The van der Waals surface area contributed by atoms with Crippen molar-refractivity contribution in [2.75, 3.05) is 6.61 Å². The second kappa shape index (κ2) is 10.4. The van der Waals surface area contributed by atoms with Crippen molar-refractivity contribution in [1.29, 1.82) is 0 Å². The number of aryl methyl sites for hydroxylation is 1. The van der Waals surface area contributed by atoms with E-state index in [2.05, 4.69) is 5.32 Å². The summed E-state index contributed by atoms with van der Waals surface area (Å²) in [5, 5.41) is 15.6. The summed E-state index contributed by atoms with van der Waals surface area (Å²) in [5.74, 6) is -1.78. The summed E-state index contributed by atoms with van der Waals surface area (Å²) < 4.78 is 26.8. The van der Waals surface area contributed by atoms with Crippen molar-refractivity contribution >= 4 is 28.9 Å². The number of hydrogen-bond acceptors (Lipinski definition) is 9. The zero-order valence-electron chi connectivity index (χ0n) is 25.1. The number of esters is 1. The molecule has 2 N–H and O–H groups in total. The number of rotatable bonds is 4. The van der Waals surface area contributed by atoms with Gasteiger partial charge in [0.2, 0.25) is 5.91 Å². The van der Waals surface area contributed by atoms with E-state index in [-0.39, 0.29) is 50.3 Å². The minimum Gasteiger partial charge on any atom is -0.458 e. The van der Waals surface area contributed by atoms with Crippen molar-refractivity contribution in [3.05, 3.63) is 62.2 Å². The second-order valence-corrected chi connectivity index (χ2v) is 12.3. The Bertz CT molecular complexity index is 1810. The molecule has 1 aromatic carbocycles. The number of ether oxygens (including phenoxy) is 2. The number of carbonyl (C=O) groups is 3. The molecule has 2 amide bonds. The van der Waals surface area contributed by atoms with E-state index in [0.717, 1.165) is 5.06 Å². The van der Waals surface area contributed by atoms with Crippen molar-refractivity contribution in [1.82, 2.24) is 19.9 Å². The first-order chi connectivity index (χ1) is 20.7. The Morgan fingerprint density at radius 2 is 1.98 bits per heavy atom. The summed E-state index contributed by atoms with van der Waals surface area (Å²) in [4.78, 5) is 62.4. The highest BCUT2D eigenvalue weighted by atomic mass is 19.1. The van der Waals surface area contributed by atoms with Gasteiger partial charge in [-0.15, -0.1) is 0 Å². The molecule has 232 valence electrons. The molecule has 13 heteroatoms. The Kier molecular flexibility index (Phi) is 7.00. The van der Waals surface area contributed by atoms with Gasteiger partial charge in [0.15, 0.2) is 5.60 Å². The highest BCUT2D eigenvalue weighted by molar-refractivity contribution is 5.91. The quantitative estimate of drug-likeness (QED) is 0.333. The number of aromatic nitrogens is 2. The number of nitrogens with one attached hydrogen (secondary N) is 1. The Balaban J connectivity index is 1.41. The fourth-order valence-electron chi connectivity index (χ4n) is 5.98. The van der Waals surface area contributed by atoms with Gasteiger partial charge in [-0.25, -0.2) is 19.0 Å². The summed E-state index contributed by atoms with van der Waals surface area (Å²) in [6, 6.07) is 3.59. The van der Waals surface area contributed by atoms with Gasteiger partial charge >= 0.3 is 12.1 Å². The van der Waals surface area contributed by atoms with Crippen LogP contribution in [0.2, 0.25) is 0 Å². The van der Waals surface area contributed by atoms with Crippen molar-refractivity contribution in [3.8, 4) is 11.4 Å². The molecule has 3 aliphatic rings. The van der Waals surface area contributed by atoms with Gasteiger partial charge in [0, 0.05) is 35.5 Å². The number of halogens is 1. The molecular formula is C31H33FN4O8. The fourth-order valence-corrected chi connectivity index (χ4v) is 5.98. The highest BCUT2D eigenvalue weighted by Gasteiger charge is 2.45. The van der Waals surface area contributed by atoms with Crippen molar-refractivity contribution in [2.45, 2.75) is 84.4 Å². The van der Waals surface area contributed by atoms with Crippen LogP contribution in [0, 0.1) is 12.7 Å². The number of hydrogen-bond donors (Lipinski definition) is 2. The molecule has 44 heavy (non-hydrogen) atoms. The van der Waals surface area contributed by atoms with Crippen LogP contribution in [-0.4, -0.2) is 55.9 Å². The molecule has 5 heterocycles. The van der Waals surface area contributed by atoms with Crippen LogP contribution in [0.15, 0.2) is 23.0 Å². The highest BCUT2D eigenvalue weighted by Crippen LogP contribution is 2.40. The molecule has 0 radical (unpaired) electrons. The number of carbonyl (C=O) groups excluding carboxylic acids is 3. The van der Waals surface area contributed by atoms with Crippen LogP contribution < -0.4 is 10.9 Å². The monoisotopic (exact) mass is 608 g/mol. The van der Waals surface area contributed by atoms with E-state index in [1.807, 2.05) is 0 Å². The Morgan fingerprint density at radius 1 is 1.23 bits per heavy atom. The van der Waals surface area contributed by atoms with E-state index in [0.29, 0.717) is 39.0 Å². The molecule has 2 atom stereocenters. The third-order valence-electron chi connectivity index (χ3n) is 8.31. The van der Waals surface area contributed by atoms with E-state index >= 15 is 0 Å². The smallest absolute Gasteiger partial charge is 0.435 e. The van der Waals surface area contributed by atoms with Gasteiger partial charge in [-0.2, -0.15) is 5.06 Å². The molecule has 6 rings (SSSR count). The molecule has 0 bridgehead atoms. The summed E-state index contributed by atoms with van der Waals surface area (Å²) >= 11 is 0. The summed E-state index contributed by atoms with van der Waals surface area (Å²) in [7, 11) is 0. The zero-order chi connectivity index (χ0) is 31.7. The molecule has 2 aromatic heterocycles. The van der Waals surface area contributed by atoms with Crippen LogP contribution in [-0.2, 0) is 49.2 Å². The molecule has 3 aliphatic heterocycles. The van der Waals surface area contributed by atoms with Gasteiger partial charge in [-0.1, -0.05) is 6.92 Å². The number of fused-ring (bicyclic) bond motifs is 5. The fraction of sp³-hybridized carbons (Fsp3) is 0.452. The topological polar surface area (TPSA) is 149 Å². The van der Waals surface area contributed by atoms with Gasteiger partial charge in [0.1, 0.15) is 24.1 Å². The van der Waals surface area contributed by atoms with Crippen LogP contribution in [0.3, 0.4) is 0 Å². The lowest BCUT2D eigenvalue weighted by molar-refractivity contribution is -0.172. The number of pyridine rings is 2. The first-order valence-electron chi connectivity index (χ1n) is 14.4. The molecule has 0 aliphatic carbocycles. The molecule has 1 saturated heterocycles. The molecular weight excluding hydrogens is 575 g/mol. The Morgan fingerprint density at radius 3 is 2.68 bits per heavy atom. The number of amides is 2. The zero-order valence-corrected chi connectivity index (χ0v) is 25.1. The first kappa shape index (κ1) is 29.7. The summed E-state index contributed by atoms with van der Waals surface area (Å²) in [6.07, 6.45) is -0.519. The molecule has 12 nitrogen and oxygen atoms in total. The standard InChI is InChI=1S/C31H33FN4O8/c1-6-31(41)20-10-24-25-18(13-35(24)27(38)19(20)14-42-28(31)39)17(16-9-15(2)21(32)11-22(16)34-25)12-33-26(37)23-7-8-43-36(23)29(40)44-30(3,4)5/h9-11,23,41H,6-8,12-14H2,1-5H3,(H,33,37)/t23-,31-/m0/s1. The van der Waals surface area contributed by atoms with Gasteiger partial charge in [0.25, 0.3) is 5.56 Å². The van der Waals surface area contributed by atoms with E-state index in [9.17, 15) is 28.7 Å². The number of nitrogens with zero attached hydrogens (tertiary/aromatic N) is 3. The van der Waals surface area contributed by atoms with Gasteiger partial charge < -0.3 is 24.5 Å². The predicted molar refractivity (Wildman–Crippen MR) is 153 cm³/mol. The average Bonchev–Trinajstić information content (AvgIpc) is 3.59. The lowest BCUT2D eigenvalue weighted by Crippen LogP contribution is -2.46. The SMILES string of the molecule is CC[C@@]1(O)C(=O)OCc2c1cc1n(c2=O)Cc2c-1nc1cc(F)c(C)cc1c2CNC(=O)[C@@H]1CCON1C(=O)OC(C)(C)C. The maximum atomic E-state index is 14.7.